The van der Waals surface area contributed by atoms with Crippen LogP contribution in [0.4, 0.5) is 0 Å². The minimum absolute atomic E-state index is 0.00292. The molecule has 0 radical (unpaired) electrons. The van der Waals surface area contributed by atoms with Crippen LogP contribution in [-0.4, -0.2) is 99.3 Å². The lowest BCUT2D eigenvalue weighted by molar-refractivity contribution is -0.162. The van der Waals surface area contributed by atoms with Crippen LogP contribution in [0.1, 0.15) is 146 Å². The molecule has 20 heteroatoms. The highest BCUT2D eigenvalue weighted by Crippen LogP contribution is 2.36. The van der Waals surface area contributed by atoms with Crippen molar-refractivity contribution in [1.29, 1.82) is 0 Å². The molecule has 0 spiro atoms. The first-order valence-corrected chi connectivity index (χ1v) is 25.5. The van der Waals surface area contributed by atoms with E-state index in [4.69, 9.17) is 47.4 Å². The third kappa shape index (κ3) is 19.3. The average molecular weight is 1050 g/mol. The Kier molecular flexibility index (Phi) is 26.2. The molecule has 0 bridgehead atoms. The molecule has 75 heavy (non-hydrogen) atoms. The highest BCUT2D eigenvalue weighted by molar-refractivity contribution is 5.95. The van der Waals surface area contributed by atoms with Crippen molar-refractivity contribution >= 4 is 59.7 Å². The summed E-state index contributed by atoms with van der Waals surface area (Å²) >= 11 is 0. The third-order valence-corrected chi connectivity index (χ3v) is 12.5. The fraction of sp³-hybridized carbons (Fsp3) is 0.564. The Morgan fingerprint density at radius 3 is 1.07 bits per heavy atom. The molecule has 0 N–H and O–H groups in total. The van der Waals surface area contributed by atoms with Crippen molar-refractivity contribution in [1.82, 2.24) is 0 Å². The SMILES string of the molecule is C=CC(=O)OCC(C)OC(=O)C1CCC(C(=O)Oc2ccc(OC(=O)C3CCC(C(=O)Oc4ccc(OC(=O)C5CCC(C(=O)OC(C)COC(C)=O)CC5)c(C(=O)OC)c4)CC3)cc2C(=O)OC)CC1.CC.CC. The van der Waals surface area contributed by atoms with Crippen molar-refractivity contribution in [3.05, 3.63) is 60.2 Å². The number of hydrogen-bond acceptors (Lipinski definition) is 20. The van der Waals surface area contributed by atoms with Gasteiger partial charge in [0.1, 0.15) is 59.5 Å². The van der Waals surface area contributed by atoms with Crippen molar-refractivity contribution in [3.8, 4) is 23.0 Å². The quantitative estimate of drug-likeness (QED) is 0.0555. The van der Waals surface area contributed by atoms with Crippen LogP contribution >= 0.6 is 0 Å². The van der Waals surface area contributed by atoms with E-state index in [0.717, 1.165) is 20.3 Å². The Bertz CT molecular complexity index is 2310. The molecule has 2 atom stereocenters. The molecule has 412 valence electrons. The number of ether oxygens (including phenoxy) is 10. The molecule has 2 aromatic carbocycles. The Morgan fingerprint density at radius 2 is 0.773 bits per heavy atom. The molecule has 3 aliphatic carbocycles. The maximum absolute atomic E-state index is 13.3. The Balaban J connectivity index is 0.00000361. The van der Waals surface area contributed by atoms with E-state index in [1.165, 1.54) is 43.3 Å². The first kappa shape index (κ1) is 62.2. The standard InChI is InChI=1S/C51H60O20.2C2H6/c1-7-43(53)65-27-29(3)67-45(55)32-10-18-36(19-11-32)49(59)71-42-23-21-38(25-40(42)51(61)63-6)69-47(57)34-14-12-33(13-15-34)46(56)68-37-20-22-41(39(24-37)50(60)62-5)70-48(58)35-16-8-31(9-17-35)44(54)66-28(2)26-64-30(4)52;2*1-2/h7,20-25,28-29,31-36H,1,8-19,26-27H2,2-6H3;2*1-2H3. The second-order valence-electron chi connectivity index (χ2n) is 17.8. The van der Waals surface area contributed by atoms with Gasteiger partial charge in [-0.1, -0.05) is 34.3 Å². The number of esters is 10. The molecule has 0 heterocycles. The Morgan fingerprint density at radius 1 is 0.480 bits per heavy atom. The fourth-order valence-corrected chi connectivity index (χ4v) is 8.49. The molecular weight excluding hydrogens is 981 g/mol. The maximum atomic E-state index is 13.3. The molecule has 3 fully saturated rings. The Labute approximate surface area is 437 Å². The van der Waals surface area contributed by atoms with Gasteiger partial charge >= 0.3 is 59.7 Å². The summed E-state index contributed by atoms with van der Waals surface area (Å²) in [6, 6.07) is 7.85. The van der Waals surface area contributed by atoms with Crippen LogP contribution in [0.2, 0.25) is 0 Å². The van der Waals surface area contributed by atoms with E-state index in [1.54, 1.807) is 13.8 Å². The maximum Gasteiger partial charge on any atom is 0.341 e. The fourth-order valence-electron chi connectivity index (χ4n) is 8.49. The average Bonchev–Trinajstić information content (AvgIpc) is 3.43. The topological polar surface area (TPSA) is 263 Å². The lowest BCUT2D eigenvalue weighted by Crippen LogP contribution is -2.32. The largest absolute Gasteiger partial charge is 0.465 e. The van der Waals surface area contributed by atoms with Crippen LogP contribution < -0.4 is 18.9 Å². The number of carbonyl (C=O) groups excluding carboxylic acids is 10. The van der Waals surface area contributed by atoms with Gasteiger partial charge < -0.3 is 47.4 Å². The van der Waals surface area contributed by atoms with E-state index >= 15 is 0 Å². The van der Waals surface area contributed by atoms with Gasteiger partial charge in [0.05, 0.1) is 49.7 Å². The lowest BCUT2D eigenvalue weighted by Gasteiger charge is -2.27. The lowest BCUT2D eigenvalue weighted by atomic mass is 9.82. The monoisotopic (exact) mass is 1050 g/mol. The second-order valence-corrected chi connectivity index (χ2v) is 17.8. The van der Waals surface area contributed by atoms with E-state index < -0.39 is 107 Å². The number of benzene rings is 2. The smallest absolute Gasteiger partial charge is 0.341 e. The molecular formula is C55H72O20. The van der Waals surface area contributed by atoms with E-state index in [-0.39, 0.29) is 73.0 Å². The molecule has 2 unspecified atom stereocenters. The third-order valence-electron chi connectivity index (χ3n) is 12.5. The summed E-state index contributed by atoms with van der Waals surface area (Å²) < 4.78 is 52.8. The van der Waals surface area contributed by atoms with Gasteiger partial charge in [-0.2, -0.15) is 0 Å². The highest BCUT2D eigenvalue weighted by atomic mass is 16.6. The molecule has 0 aliphatic heterocycles. The zero-order chi connectivity index (χ0) is 55.8. The van der Waals surface area contributed by atoms with Gasteiger partial charge in [0.2, 0.25) is 0 Å². The zero-order valence-electron chi connectivity index (χ0n) is 44.4. The molecule has 3 saturated carbocycles. The van der Waals surface area contributed by atoms with Crippen molar-refractivity contribution in [2.75, 3.05) is 27.4 Å². The van der Waals surface area contributed by atoms with E-state index in [2.05, 4.69) is 6.58 Å². The van der Waals surface area contributed by atoms with Crippen molar-refractivity contribution in [2.24, 2.45) is 35.5 Å². The number of hydrogen-bond donors (Lipinski definition) is 0. The number of carbonyl (C=O) groups is 10. The van der Waals surface area contributed by atoms with Crippen LogP contribution in [-0.2, 0) is 66.8 Å². The molecule has 2 aromatic rings. The minimum Gasteiger partial charge on any atom is -0.465 e. The number of rotatable bonds is 19. The predicted molar refractivity (Wildman–Crippen MR) is 266 cm³/mol. The van der Waals surface area contributed by atoms with E-state index in [0.29, 0.717) is 51.4 Å². The van der Waals surface area contributed by atoms with Gasteiger partial charge in [-0.15, -0.1) is 0 Å². The summed E-state index contributed by atoms with van der Waals surface area (Å²) in [6.45, 7) is 15.6. The van der Waals surface area contributed by atoms with Gasteiger partial charge in [0.25, 0.3) is 0 Å². The molecule has 0 aromatic heterocycles. The van der Waals surface area contributed by atoms with Crippen molar-refractivity contribution < 1.29 is 95.3 Å². The number of methoxy groups -OCH3 is 2. The van der Waals surface area contributed by atoms with E-state index in [9.17, 15) is 47.9 Å². The first-order chi connectivity index (χ1) is 35.9. The molecule has 0 saturated heterocycles. The van der Waals surface area contributed by atoms with Crippen LogP contribution in [0.15, 0.2) is 49.1 Å². The highest BCUT2D eigenvalue weighted by Gasteiger charge is 2.36. The van der Waals surface area contributed by atoms with Crippen LogP contribution in [0.5, 0.6) is 23.0 Å². The summed E-state index contributed by atoms with van der Waals surface area (Å²) in [5.74, 6) is -9.62. The second kappa shape index (κ2) is 31.6. The van der Waals surface area contributed by atoms with Gasteiger partial charge in [-0.05, 0) is 127 Å². The van der Waals surface area contributed by atoms with Crippen molar-refractivity contribution in [3.63, 3.8) is 0 Å². The van der Waals surface area contributed by atoms with Crippen LogP contribution in [0.25, 0.3) is 0 Å². The Hall–Kier alpha value is -7.12. The molecule has 0 amide bonds. The van der Waals surface area contributed by atoms with Gasteiger partial charge in [0, 0.05) is 13.0 Å². The molecule has 3 aliphatic rings. The summed E-state index contributed by atoms with van der Waals surface area (Å²) in [4.78, 5) is 126. The molecule has 5 rings (SSSR count). The summed E-state index contributed by atoms with van der Waals surface area (Å²) in [5.41, 5.74) is -0.316. The summed E-state index contributed by atoms with van der Waals surface area (Å²) in [7, 11) is 2.29. The summed E-state index contributed by atoms with van der Waals surface area (Å²) in [5, 5.41) is 0. The normalized spacial score (nSPS) is 20.5. The van der Waals surface area contributed by atoms with Crippen LogP contribution in [0.3, 0.4) is 0 Å². The molecule has 20 nitrogen and oxygen atoms in total. The summed E-state index contributed by atoms with van der Waals surface area (Å²) in [6.07, 6.45) is 3.51. The van der Waals surface area contributed by atoms with Crippen LogP contribution in [0, 0.1) is 35.5 Å². The van der Waals surface area contributed by atoms with Gasteiger partial charge in [-0.25, -0.2) is 14.4 Å². The van der Waals surface area contributed by atoms with Gasteiger partial charge in [0.15, 0.2) is 0 Å². The predicted octanol–water partition coefficient (Wildman–Crippen LogP) is 8.21. The minimum atomic E-state index is -0.847. The zero-order valence-corrected chi connectivity index (χ0v) is 44.4. The van der Waals surface area contributed by atoms with E-state index in [1.807, 2.05) is 27.7 Å². The van der Waals surface area contributed by atoms with Crippen molar-refractivity contribution in [2.45, 2.75) is 138 Å². The first-order valence-electron chi connectivity index (χ1n) is 25.5. The van der Waals surface area contributed by atoms with Gasteiger partial charge in [-0.3, -0.25) is 33.6 Å².